The van der Waals surface area contributed by atoms with Crippen molar-refractivity contribution in [3.8, 4) is 11.5 Å². The zero-order chi connectivity index (χ0) is 9.84. The second-order valence-corrected chi connectivity index (χ2v) is 2.40. The Morgan fingerprint density at radius 3 is 2.43 bits per heavy atom. The van der Waals surface area contributed by atoms with Crippen molar-refractivity contribution in [2.24, 2.45) is 0 Å². The maximum absolute atomic E-state index is 10.0. The van der Waals surface area contributed by atoms with E-state index in [-0.39, 0.29) is 41.1 Å². The first-order valence-electron chi connectivity index (χ1n) is 3.50. The van der Waals surface area contributed by atoms with Gasteiger partial charge in [0.25, 0.3) is 0 Å². The summed E-state index contributed by atoms with van der Waals surface area (Å²) in [6.45, 7) is 0. The van der Waals surface area contributed by atoms with Crippen LogP contribution in [0, 0.1) is 0 Å². The van der Waals surface area contributed by atoms with E-state index in [0.29, 0.717) is 5.56 Å². The zero-order valence-electron chi connectivity index (χ0n) is 7.60. The predicted molar refractivity (Wildman–Crippen MR) is 43.8 cm³/mol. The molecular weight excluding hydrogens is 201 g/mol. The molecule has 1 aromatic rings. The van der Waals surface area contributed by atoms with Crippen molar-refractivity contribution >= 4 is 12.0 Å². The summed E-state index contributed by atoms with van der Waals surface area (Å²) in [5, 5.41) is 28.0. The summed E-state index contributed by atoms with van der Waals surface area (Å²) in [5.74, 6) is -1.85. The monoisotopic (exact) mass is 208 g/mol. The molecular formula is C9H7NaO4. The van der Waals surface area contributed by atoms with Gasteiger partial charge >= 0.3 is 29.6 Å². The molecule has 0 heterocycles. The van der Waals surface area contributed by atoms with E-state index in [2.05, 4.69) is 0 Å². The van der Waals surface area contributed by atoms with Crippen LogP contribution in [0.1, 0.15) is 5.56 Å². The number of rotatable bonds is 2. The quantitative estimate of drug-likeness (QED) is 0.306. The predicted octanol–water partition coefficient (Wildman–Crippen LogP) is -3.14. The van der Waals surface area contributed by atoms with Crippen molar-refractivity contribution in [3.63, 3.8) is 0 Å². The third-order valence-corrected chi connectivity index (χ3v) is 1.41. The number of benzene rings is 1. The first kappa shape index (κ1) is 13.0. The van der Waals surface area contributed by atoms with E-state index < -0.39 is 5.97 Å². The van der Waals surface area contributed by atoms with Crippen LogP contribution in [0.5, 0.6) is 11.5 Å². The van der Waals surface area contributed by atoms with Crippen LogP contribution >= 0.6 is 0 Å². The van der Waals surface area contributed by atoms with Gasteiger partial charge in [-0.2, -0.15) is 0 Å². The van der Waals surface area contributed by atoms with Gasteiger partial charge in [0.2, 0.25) is 0 Å². The van der Waals surface area contributed by atoms with Crippen molar-refractivity contribution in [1.29, 1.82) is 0 Å². The van der Waals surface area contributed by atoms with Crippen LogP contribution in [0.4, 0.5) is 0 Å². The van der Waals surface area contributed by atoms with Gasteiger partial charge in [0.1, 0.15) is 0 Å². The molecule has 0 bridgehead atoms. The molecule has 0 saturated heterocycles. The third kappa shape index (κ3) is 3.83. The maximum atomic E-state index is 10.0. The van der Waals surface area contributed by atoms with Gasteiger partial charge in [-0.25, -0.2) is 0 Å². The van der Waals surface area contributed by atoms with Crippen molar-refractivity contribution in [3.05, 3.63) is 29.8 Å². The number of phenolic OH excluding ortho intramolecular Hbond substituents is 2. The number of aliphatic carboxylic acids is 1. The fourth-order valence-electron chi connectivity index (χ4n) is 0.808. The summed E-state index contributed by atoms with van der Waals surface area (Å²) in [5.41, 5.74) is 0.472. The molecule has 0 aliphatic heterocycles. The Bertz CT molecular complexity index is 360. The molecule has 0 fully saturated rings. The molecule has 0 spiro atoms. The molecule has 68 valence electrons. The van der Waals surface area contributed by atoms with Crippen molar-refractivity contribution in [2.45, 2.75) is 0 Å². The minimum atomic E-state index is -1.31. The Hall–Kier alpha value is -0.970. The molecule has 0 aromatic heterocycles. The Kier molecular flexibility index (Phi) is 5.30. The average Bonchev–Trinajstić information content (AvgIpc) is 2.07. The van der Waals surface area contributed by atoms with E-state index in [4.69, 9.17) is 10.2 Å². The van der Waals surface area contributed by atoms with Crippen LogP contribution in [0.15, 0.2) is 24.3 Å². The standard InChI is InChI=1S/C9H8O4.Na/c10-7-3-1-6(5-8(7)11)2-4-9(12)13;/h1-5,10-11H,(H,12,13);/q;+1/p-1/b4-2+;/i1+1,3+1,5+1,6+1,7+1,8+1;. The molecule has 14 heavy (non-hydrogen) atoms. The third-order valence-electron chi connectivity index (χ3n) is 1.41. The van der Waals surface area contributed by atoms with Gasteiger partial charge in [-0.3, -0.25) is 0 Å². The van der Waals surface area contributed by atoms with E-state index in [1.54, 1.807) is 0 Å². The number of carbonyl (C=O) groups excluding carboxylic acids is 1. The van der Waals surface area contributed by atoms with Gasteiger partial charge in [-0.05, 0) is 23.8 Å². The first-order valence-corrected chi connectivity index (χ1v) is 3.50. The Labute approximate surface area is 103 Å². The van der Waals surface area contributed by atoms with Crippen LogP contribution in [0.3, 0.4) is 0 Å². The molecule has 2 N–H and O–H groups in total. The maximum Gasteiger partial charge on any atom is 1.00 e. The van der Waals surface area contributed by atoms with E-state index >= 15 is 0 Å². The van der Waals surface area contributed by atoms with Crippen molar-refractivity contribution in [2.75, 3.05) is 0 Å². The minimum absolute atomic E-state index is 0. The molecule has 1 aromatic carbocycles. The fourth-order valence-corrected chi connectivity index (χ4v) is 0.808. The van der Waals surface area contributed by atoms with Crippen LogP contribution in [-0.2, 0) is 4.79 Å². The molecule has 4 nitrogen and oxygen atoms in total. The molecule has 5 heteroatoms. The molecule has 0 aliphatic rings. The fraction of sp³-hybridized carbons (Fsp3) is 0. The molecule has 0 amide bonds. The molecule has 0 aliphatic carbocycles. The van der Waals surface area contributed by atoms with E-state index in [9.17, 15) is 9.90 Å². The summed E-state index contributed by atoms with van der Waals surface area (Å²) < 4.78 is 0. The van der Waals surface area contributed by atoms with Crippen molar-refractivity contribution in [1.82, 2.24) is 0 Å². The minimum Gasteiger partial charge on any atom is -0.545 e. The Morgan fingerprint density at radius 1 is 1.29 bits per heavy atom. The summed E-state index contributed by atoms with van der Waals surface area (Å²) in [6.07, 6.45) is 2.10. The van der Waals surface area contributed by atoms with Gasteiger partial charge in [0.05, 0.1) is 5.97 Å². The first-order chi connectivity index (χ1) is 6.09. The van der Waals surface area contributed by atoms with Crippen LogP contribution < -0.4 is 34.7 Å². The van der Waals surface area contributed by atoms with Crippen LogP contribution in [-0.4, -0.2) is 16.2 Å². The molecule has 0 unspecified atom stereocenters. The summed E-state index contributed by atoms with van der Waals surface area (Å²) in [7, 11) is 0. The molecule has 0 radical (unpaired) electrons. The molecule has 0 atom stereocenters. The van der Waals surface area contributed by atoms with Gasteiger partial charge in [-0.15, -0.1) is 0 Å². The number of hydrogen-bond donors (Lipinski definition) is 2. The Morgan fingerprint density at radius 2 is 1.93 bits per heavy atom. The topological polar surface area (TPSA) is 80.6 Å². The smallest absolute Gasteiger partial charge is 0.545 e. The van der Waals surface area contributed by atoms with Gasteiger partial charge < -0.3 is 20.1 Å². The summed E-state index contributed by atoms with van der Waals surface area (Å²) >= 11 is 0. The number of phenols is 2. The summed E-state index contributed by atoms with van der Waals surface area (Å²) in [6, 6.07) is 3.98. The Balaban J connectivity index is 0.00000169. The van der Waals surface area contributed by atoms with Gasteiger partial charge in [-0.1, -0.05) is 12.1 Å². The van der Waals surface area contributed by atoms with Gasteiger partial charge in [0, 0.05) is 0 Å². The van der Waals surface area contributed by atoms with Crippen molar-refractivity contribution < 1.29 is 49.7 Å². The zero-order valence-corrected chi connectivity index (χ0v) is 9.60. The largest absolute Gasteiger partial charge is 1.00 e. The van der Waals surface area contributed by atoms with Gasteiger partial charge in [0.15, 0.2) is 11.5 Å². The molecule has 1 rings (SSSR count). The molecule has 0 saturated carbocycles. The average molecular weight is 208 g/mol. The summed E-state index contributed by atoms with van der Waals surface area (Å²) in [4.78, 5) is 10.0. The number of carbonyl (C=O) groups is 1. The number of carboxylic acids is 1. The second kappa shape index (κ2) is 5.70. The normalized spacial score (nSPS) is 9.71. The number of hydrogen-bond acceptors (Lipinski definition) is 4. The number of aromatic hydroxyl groups is 2. The van der Waals surface area contributed by atoms with E-state index in [0.717, 1.165) is 6.08 Å². The van der Waals surface area contributed by atoms with Crippen LogP contribution in [0.2, 0.25) is 0 Å². The van der Waals surface area contributed by atoms with E-state index in [1.807, 2.05) is 0 Å². The SMILES string of the molecule is O=C([O-])/C=C/[13c]1[13cH][13cH][13c](O)[13c](O)[13cH]1.[Na+]. The van der Waals surface area contributed by atoms with E-state index in [1.165, 1.54) is 24.3 Å². The second-order valence-electron chi connectivity index (χ2n) is 2.40. The number of carboxylic acid groups (broad SMARTS) is 1. The van der Waals surface area contributed by atoms with Crippen LogP contribution in [0.25, 0.3) is 6.08 Å².